The lowest BCUT2D eigenvalue weighted by atomic mass is 10.1. The molecular formula is C15H20N4O. The molecule has 0 atom stereocenters. The van der Waals surface area contributed by atoms with E-state index in [1.165, 1.54) is 0 Å². The third-order valence-corrected chi connectivity index (χ3v) is 3.19. The second-order valence-electron chi connectivity index (χ2n) is 4.88. The molecule has 20 heavy (non-hydrogen) atoms. The molecule has 5 heteroatoms. The zero-order valence-electron chi connectivity index (χ0n) is 12.1. The van der Waals surface area contributed by atoms with Gasteiger partial charge in [-0.1, -0.05) is 18.2 Å². The summed E-state index contributed by atoms with van der Waals surface area (Å²) in [6.07, 6.45) is 1.83. The van der Waals surface area contributed by atoms with Crippen molar-refractivity contribution < 1.29 is 4.79 Å². The van der Waals surface area contributed by atoms with Gasteiger partial charge < -0.3 is 15.2 Å². The van der Waals surface area contributed by atoms with Crippen LogP contribution in [0.5, 0.6) is 0 Å². The van der Waals surface area contributed by atoms with Crippen LogP contribution in [-0.2, 0) is 17.9 Å². The SMILES string of the molecule is CC(=O)N(C)Cc1ccccc1NCc1cnc(C)[nH]1. The average molecular weight is 272 g/mol. The number of imidazole rings is 1. The predicted octanol–water partition coefficient (Wildman–Crippen LogP) is 2.31. The minimum atomic E-state index is 0.0593. The average Bonchev–Trinajstić information content (AvgIpc) is 2.83. The Morgan fingerprint density at radius 3 is 2.80 bits per heavy atom. The molecule has 0 saturated carbocycles. The van der Waals surface area contributed by atoms with Gasteiger partial charge in [0.25, 0.3) is 0 Å². The summed E-state index contributed by atoms with van der Waals surface area (Å²) in [7, 11) is 1.80. The highest BCUT2D eigenvalue weighted by atomic mass is 16.2. The molecule has 0 radical (unpaired) electrons. The van der Waals surface area contributed by atoms with Crippen LogP contribution in [0.2, 0.25) is 0 Å². The summed E-state index contributed by atoms with van der Waals surface area (Å²) in [5.41, 5.74) is 3.17. The number of carbonyl (C=O) groups is 1. The third kappa shape index (κ3) is 3.60. The maximum Gasteiger partial charge on any atom is 0.219 e. The van der Waals surface area contributed by atoms with Crippen LogP contribution in [0.4, 0.5) is 5.69 Å². The number of aryl methyl sites for hydroxylation is 1. The van der Waals surface area contributed by atoms with Gasteiger partial charge in [0.05, 0.1) is 18.4 Å². The first-order chi connectivity index (χ1) is 9.56. The molecule has 1 aromatic heterocycles. The summed E-state index contributed by atoms with van der Waals surface area (Å²) in [6, 6.07) is 8.01. The molecule has 0 fully saturated rings. The molecule has 0 saturated heterocycles. The zero-order chi connectivity index (χ0) is 14.5. The van der Waals surface area contributed by atoms with E-state index in [0.29, 0.717) is 13.1 Å². The van der Waals surface area contributed by atoms with Gasteiger partial charge in [0.2, 0.25) is 5.91 Å². The maximum atomic E-state index is 11.3. The number of benzene rings is 1. The summed E-state index contributed by atoms with van der Waals surface area (Å²) in [5.74, 6) is 0.968. The fraction of sp³-hybridized carbons (Fsp3) is 0.333. The molecule has 2 aromatic rings. The van der Waals surface area contributed by atoms with E-state index in [1.54, 1.807) is 18.9 Å². The molecule has 0 spiro atoms. The highest BCUT2D eigenvalue weighted by Crippen LogP contribution is 2.17. The molecular weight excluding hydrogens is 252 g/mol. The Bertz CT molecular complexity index is 591. The summed E-state index contributed by atoms with van der Waals surface area (Å²) in [5, 5.41) is 3.38. The Morgan fingerprint density at radius 2 is 2.15 bits per heavy atom. The van der Waals surface area contributed by atoms with Gasteiger partial charge >= 0.3 is 0 Å². The fourth-order valence-corrected chi connectivity index (χ4v) is 1.95. The summed E-state index contributed by atoms with van der Waals surface area (Å²) < 4.78 is 0. The Labute approximate surface area is 119 Å². The molecule has 0 aliphatic heterocycles. The predicted molar refractivity (Wildman–Crippen MR) is 79.2 cm³/mol. The van der Waals surface area contributed by atoms with E-state index >= 15 is 0 Å². The van der Waals surface area contributed by atoms with Crippen LogP contribution in [0, 0.1) is 6.92 Å². The number of H-pyrrole nitrogens is 1. The van der Waals surface area contributed by atoms with Gasteiger partial charge in [-0.3, -0.25) is 4.79 Å². The first-order valence-electron chi connectivity index (χ1n) is 6.60. The molecule has 1 aromatic carbocycles. The Hall–Kier alpha value is -2.30. The second kappa shape index (κ2) is 6.23. The van der Waals surface area contributed by atoms with Gasteiger partial charge in [-0.25, -0.2) is 4.98 Å². The van der Waals surface area contributed by atoms with E-state index in [2.05, 4.69) is 15.3 Å². The fourth-order valence-electron chi connectivity index (χ4n) is 1.95. The molecule has 106 valence electrons. The third-order valence-electron chi connectivity index (χ3n) is 3.19. The molecule has 1 amide bonds. The van der Waals surface area contributed by atoms with E-state index in [-0.39, 0.29) is 5.91 Å². The zero-order valence-corrected chi connectivity index (χ0v) is 12.1. The Morgan fingerprint density at radius 1 is 1.40 bits per heavy atom. The smallest absolute Gasteiger partial charge is 0.219 e. The molecule has 1 heterocycles. The van der Waals surface area contributed by atoms with E-state index in [9.17, 15) is 4.79 Å². The van der Waals surface area contributed by atoms with Crippen LogP contribution in [-0.4, -0.2) is 27.8 Å². The minimum Gasteiger partial charge on any atom is -0.379 e. The number of hydrogen-bond donors (Lipinski definition) is 2. The van der Waals surface area contributed by atoms with Crippen molar-refractivity contribution in [1.82, 2.24) is 14.9 Å². The number of aromatic nitrogens is 2. The lowest BCUT2D eigenvalue weighted by Crippen LogP contribution is -2.23. The molecule has 0 aliphatic rings. The number of rotatable bonds is 5. The Balaban J connectivity index is 2.05. The first kappa shape index (κ1) is 14.1. The lowest BCUT2D eigenvalue weighted by Gasteiger charge is -2.18. The van der Waals surface area contributed by atoms with E-state index in [1.807, 2.05) is 37.4 Å². The summed E-state index contributed by atoms with van der Waals surface area (Å²) in [6.45, 7) is 4.78. The minimum absolute atomic E-state index is 0.0593. The van der Waals surface area contributed by atoms with Crippen LogP contribution < -0.4 is 5.32 Å². The molecule has 2 rings (SSSR count). The van der Waals surface area contributed by atoms with Gasteiger partial charge in [-0.15, -0.1) is 0 Å². The number of nitrogens with one attached hydrogen (secondary N) is 2. The van der Waals surface area contributed by atoms with Crippen LogP contribution in [0.25, 0.3) is 0 Å². The van der Waals surface area contributed by atoms with Gasteiger partial charge in [-0.2, -0.15) is 0 Å². The second-order valence-corrected chi connectivity index (χ2v) is 4.88. The quantitative estimate of drug-likeness (QED) is 0.878. The number of aromatic amines is 1. The normalized spacial score (nSPS) is 10.3. The summed E-state index contributed by atoms with van der Waals surface area (Å²) in [4.78, 5) is 20.4. The van der Waals surface area contributed by atoms with E-state index in [0.717, 1.165) is 22.8 Å². The number of amides is 1. The molecule has 5 nitrogen and oxygen atoms in total. The van der Waals surface area contributed by atoms with Crippen molar-refractivity contribution in [2.24, 2.45) is 0 Å². The van der Waals surface area contributed by atoms with Crippen LogP contribution >= 0.6 is 0 Å². The number of carbonyl (C=O) groups excluding carboxylic acids is 1. The standard InChI is InChI=1S/C15H20N4O/c1-11-16-8-14(18-11)9-17-15-7-5-4-6-13(15)10-19(3)12(2)20/h4-8,17H,9-10H2,1-3H3,(H,16,18). The molecule has 0 unspecified atom stereocenters. The molecule has 0 bridgehead atoms. The van der Waals surface area contributed by atoms with E-state index < -0.39 is 0 Å². The van der Waals surface area contributed by atoms with E-state index in [4.69, 9.17) is 0 Å². The molecule has 0 aliphatic carbocycles. The summed E-state index contributed by atoms with van der Waals surface area (Å²) >= 11 is 0. The maximum absolute atomic E-state index is 11.3. The van der Waals surface area contributed by atoms with Crippen molar-refractivity contribution in [3.63, 3.8) is 0 Å². The van der Waals surface area contributed by atoms with Crippen molar-refractivity contribution >= 4 is 11.6 Å². The first-order valence-corrected chi connectivity index (χ1v) is 6.60. The van der Waals surface area contributed by atoms with Crippen LogP contribution in [0.15, 0.2) is 30.5 Å². The van der Waals surface area contributed by atoms with Crippen molar-refractivity contribution in [3.05, 3.63) is 47.5 Å². The van der Waals surface area contributed by atoms with Gasteiger partial charge in [0.15, 0.2) is 0 Å². The van der Waals surface area contributed by atoms with Crippen molar-refractivity contribution in [2.75, 3.05) is 12.4 Å². The van der Waals surface area contributed by atoms with Gasteiger partial charge in [-0.05, 0) is 18.6 Å². The lowest BCUT2D eigenvalue weighted by molar-refractivity contribution is -0.128. The number of hydrogen-bond acceptors (Lipinski definition) is 3. The topological polar surface area (TPSA) is 61.0 Å². The van der Waals surface area contributed by atoms with Gasteiger partial charge in [0.1, 0.15) is 5.82 Å². The number of para-hydroxylation sites is 1. The monoisotopic (exact) mass is 272 g/mol. The molecule has 2 N–H and O–H groups in total. The number of anilines is 1. The van der Waals surface area contributed by atoms with Crippen LogP contribution in [0.1, 0.15) is 24.0 Å². The van der Waals surface area contributed by atoms with Crippen molar-refractivity contribution in [3.8, 4) is 0 Å². The van der Waals surface area contributed by atoms with Crippen molar-refractivity contribution in [2.45, 2.75) is 26.9 Å². The number of nitrogens with zero attached hydrogens (tertiary/aromatic N) is 2. The van der Waals surface area contributed by atoms with Crippen LogP contribution in [0.3, 0.4) is 0 Å². The van der Waals surface area contributed by atoms with Crippen molar-refractivity contribution in [1.29, 1.82) is 0 Å². The van der Waals surface area contributed by atoms with Gasteiger partial charge in [0, 0.05) is 26.2 Å². The highest BCUT2D eigenvalue weighted by Gasteiger charge is 2.07. The largest absolute Gasteiger partial charge is 0.379 e. The Kier molecular flexibility index (Phi) is 4.40. The highest BCUT2D eigenvalue weighted by molar-refractivity contribution is 5.73.